The first-order chi connectivity index (χ1) is 13.4. The molecule has 0 unspecified atom stereocenters. The Morgan fingerprint density at radius 1 is 1.29 bits per heavy atom. The molecule has 1 saturated heterocycles. The van der Waals surface area contributed by atoms with Gasteiger partial charge in [-0.25, -0.2) is 9.67 Å². The standard InChI is InChI=1S/C20H28ClN3O3Si/c1-28(2,3)11-10-25-14-24-17-13-22-18(21)12-16(17)19(23-24)15-4-6-20(7-5-15)26-8-9-27-20/h4,12-13H,5-11,14H2,1-3H3. The molecule has 0 atom stereocenters. The van der Waals surface area contributed by atoms with Crippen LogP contribution in [0, 0.1) is 0 Å². The number of hydrogen-bond acceptors (Lipinski definition) is 5. The van der Waals surface area contributed by atoms with Crippen LogP contribution in [0.1, 0.15) is 25.0 Å². The first-order valence-electron chi connectivity index (χ1n) is 9.92. The number of allylic oxidation sites excluding steroid dienone is 1. The van der Waals surface area contributed by atoms with E-state index in [-0.39, 0.29) is 0 Å². The van der Waals surface area contributed by atoms with Gasteiger partial charge in [0.1, 0.15) is 11.9 Å². The second kappa shape index (κ2) is 7.87. The van der Waals surface area contributed by atoms with Crippen molar-refractivity contribution in [2.24, 2.45) is 0 Å². The van der Waals surface area contributed by atoms with E-state index in [1.807, 2.05) is 10.7 Å². The molecule has 2 aliphatic rings. The van der Waals surface area contributed by atoms with Gasteiger partial charge in [-0.1, -0.05) is 37.3 Å². The second-order valence-corrected chi connectivity index (χ2v) is 14.8. The highest BCUT2D eigenvalue weighted by atomic mass is 35.5. The van der Waals surface area contributed by atoms with Crippen molar-refractivity contribution in [3.8, 4) is 0 Å². The van der Waals surface area contributed by atoms with Gasteiger partial charge in [-0.05, 0) is 24.1 Å². The van der Waals surface area contributed by atoms with Crippen LogP contribution in [-0.4, -0.2) is 48.4 Å². The van der Waals surface area contributed by atoms with E-state index in [2.05, 4.69) is 30.7 Å². The van der Waals surface area contributed by atoms with E-state index in [0.717, 1.165) is 48.5 Å². The van der Waals surface area contributed by atoms with E-state index >= 15 is 0 Å². The van der Waals surface area contributed by atoms with Crippen LogP contribution < -0.4 is 0 Å². The third-order valence-corrected chi connectivity index (χ3v) is 7.28. The molecule has 1 spiro atoms. The number of halogens is 1. The molecule has 1 aliphatic carbocycles. The van der Waals surface area contributed by atoms with Gasteiger partial charge in [0.15, 0.2) is 5.79 Å². The van der Waals surface area contributed by atoms with Crippen molar-refractivity contribution in [3.05, 3.63) is 29.2 Å². The smallest absolute Gasteiger partial charge is 0.172 e. The van der Waals surface area contributed by atoms with Gasteiger partial charge >= 0.3 is 0 Å². The maximum absolute atomic E-state index is 6.18. The monoisotopic (exact) mass is 421 g/mol. The van der Waals surface area contributed by atoms with Crippen molar-refractivity contribution in [2.75, 3.05) is 19.8 Å². The van der Waals surface area contributed by atoms with Crippen LogP contribution in [0.15, 0.2) is 18.3 Å². The highest BCUT2D eigenvalue weighted by Gasteiger charge is 2.38. The molecule has 2 aromatic heterocycles. The highest BCUT2D eigenvalue weighted by molar-refractivity contribution is 6.76. The van der Waals surface area contributed by atoms with Gasteiger partial charge in [-0.2, -0.15) is 5.10 Å². The molecule has 0 bridgehead atoms. The van der Waals surface area contributed by atoms with Crippen molar-refractivity contribution in [1.29, 1.82) is 0 Å². The minimum absolute atomic E-state index is 0.424. The number of nitrogens with zero attached hydrogens (tertiary/aromatic N) is 3. The summed E-state index contributed by atoms with van der Waals surface area (Å²) in [5, 5.41) is 6.35. The molecular formula is C20H28ClN3O3Si. The molecule has 3 heterocycles. The third-order valence-electron chi connectivity index (χ3n) is 5.37. The van der Waals surface area contributed by atoms with E-state index in [9.17, 15) is 0 Å². The van der Waals surface area contributed by atoms with Gasteiger partial charge in [-0.15, -0.1) is 0 Å². The summed E-state index contributed by atoms with van der Waals surface area (Å²) in [6.45, 7) is 9.59. The fourth-order valence-corrected chi connectivity index (χ4v) is 4.61. The molecule has 6 nitrogen and oxygen atoms in total. The zero-order valence-electron chi connectivity index (χ0n) is 16.8. The maximum Gasteiger partial charge on any atom is 0.172 e. The first-order valence-corrected chi connectivity index (χ1v) is 14.0. The Hall–Kier alpha value is -1.25. The molecule has 1 aliphatic heterocycles. The predicted molar refractivity (Wildman–Crippen MR) is 113 cm³/mol. The van der Waals surface area contributed by atoms with Gasteiger partial charge in [-0.3, -0.25) is 0 Å². The summed E-state index contributed by atoms with van der Waals surface area (Å²) in [7, 11) is -1.11. The van der Waals surface area contributed by atoms with Crippen LogP contribution >= 0.6 is 11.6 Å². The number of ether oxygens (including phenoxy) is 3. The van der Waals surface area contributed by atoms with E-state index in [4.69, 9.17) is 30.9 Å². The zero-order chi connectivity index (χ0) is 19.8. The molecule has 8 heteroatoms. The lowest BCUT2D eigenvalue weighted by Gasteiger charge is -2.30. The largest absolute Gasteiger partial charge is 0.360 e. The summed E-state index contributed by atoms with van der Waals surface area (Å²) in [6, 6.07) is 3.03. The number of pyridine rings is 1. The molecule has 2 aromatic rings. The summed E-state index contributed by atoms with van der Waals surface area (Å²) in [4.78, 5) is 4.25. The lowest BCUT2D eigenvalue weighted by molar-refractivity contribution is -0.159. The molecule has 152 valence electrons. The average molecular weight is 422 g/mol. The van der Waals surface area contributed by atoms with Crippen LogP contribution in [-0.2, 0) is 20.9 Å². The molecule has 4 rings (SSSR count). The molecule has 0 N–H and O–H groups in total. The molecule has 0 amide bonds. The molecule has 28 heavy (non-hydrogen) atoms. The number of hydrogen-bond donors (Lipinski definition) is 0. The average Bonchev–Trinajstić information content (AvgIpc) is 3.24. The normalized spacial score (nSPS) is 19.5. The summed E-state index contributed by atoms with van der Waals surface area (Å²) < 4.78 is 19.5. The Bertz CT molecular complexity index is 885. The molecule has 0 saturated carbocycles. The van der Waals surface area contributed by atoms with Crippen molar-refractivity contribution in [2.45, 2.75) is 57.5 Å². The summed E-state index contributed by atoms with van der Waals surface area (Å²) >= 11 is 6.18. The molecule has 1 fully saturated rings. The van der Waals surface area contributed by atoms with Crippen LogP contribution in [0.2, 0.25) is 30.8 Å². The van der Waals surface area contributed by atoms with Crippen LogP contribution in [0.5, 0.6) is 0 Å². The number of rotatable bonds is 6. The fourth-order valence-electron chi connectivity index (χ4n) is 3.69. The number of fused-ring (bicyclic) bond motifs is 1. The van der Waals surface area contributed by atoms with Crippen LogP contribution in [0.3, 0.4) is 0 Å². The predicted octanol–water partition coefficient (Wildman–Crippen LogP) is 4.71. The molecular weight excluding hydrogens is 394 g/mol. The van der Waals surface area contributed by atoms with Gasteiger partial charge < -0.3 is 14.2 Å². The lowest BCUT2D eigenvalue weighted by Crippen LogP contribution is -2.31. The zero-order valence-corrected chi connectivity index (χ0v) is 18.6. The molecule has 0 radical (unpaired) electrons. The Labute approximate surface area is 171 Å². The van der Waals surface area contributed by atoms with Crippen molar-refractivity contribution in [1.82, 2.24) is 14.8 Å². The van der Waals surface area contributed by atoms with E-state index < -0.39 is 13.9 Å². The van der Waals surface area contributed by atoms with Crippen molar-refractivity contribution >= 4 is 36.2 Å². The van der Waals surface area contributed by atoms with Crippen LogP contribution in [0.25, 0.3) is 16.5 Å². The minimum atomic E-state index is -1.11. The lowest BCUT2D eigenvalue weighted by atomic mass is 9.91. The highest BCUT2D eigenvalue weighted by Crippen LogP contribution is 2.39. The van der Waals surface area contributed by atoms with E-state index in [1.165, 1.54) is 5.57 Å². The van der Waals surface area contributed by atoms with Crippen molar-refractivity contribution < 1.29 is 14.2 Å². The first kappa shape index (κ1) is 20.0. The fraction of sp³-hybridized carbons (Fsp3) is 0.600. The third kappa shape index (κ3) is 4.33. The van der Waals surface area contributed by atoms with E-state index in [1.54, 1.807) is 6.20 Å². The minimum Gasteiger partial charge on any atom is -0.360 e. The SMILES string of the molecule is C[Si](C)(C)CCOCn1nc(C2=CCC3(CC2)OCCO3)c2cc(Cl)ncc21. The summed E-state index contributed by atoms with van der Waals surface area (Å²) in [6.07, 6.45) is 6.44. The summed E-state index contributed by atoms with van der Waals surface area (Å²) in [5.41, 5.74) is 3.11. The second-order valence-electron chi connectivity index (χ2n) is 8.76. The van der Waals surface area contributed by atoms with Crippen molar-refractivity contribution in [3.63, 3.8) is 0 Å². The molecule has 0 aromatic carbocycles. The van der Waals surface area contributed by atoms with Gasteiger partial charge in [0.2, 0.25) is 0 Å². The Kier molecular flexibility index (Phi) is 5.64. The van der Waals surface area contributed by atoms with Crippen LogP contribution in [0.4, 0.5) is 0 Å². The maximum atomic E-state index is 6.18. The Morgan fingerprint density at radius 3 is 2.75 bits per heavy atom. The van der Waals surface area contributed by atoms with Gasteiger partial charge in [0, 0.05) is 32.9 Å². The Balaban J connectivity index is 1.56. The van der Waals surface area contributed by atoms with Gasteiger partial charge in [0.25, 0.3) is 0 Å². The Morgan fingerprint density at radius 2 is 2.07 bits per heavy atom. The van der Waals surface area contributed by atoms with Gasteiger partial charge in [0.05, 0.1) is 30.6 Å². The quantitative estimate of drug-likeness (QED) is 0.384. The summed E-state index contributed by atoms with van der Waals surface area (Å²) in [5.74, 6) is -0.430. The topological polar surface area (TPSA) is 58.4 Å². The number of aromatic nitrogens is 3. The van der Waals surface area contributed by atoms with E-state index in [0.29, 0.717) is 25.1 Å².